The van der Waals surface area contributed by atoms with E-state index in [-0.39, 0.29) is 18.1 Å². The first-order chi connectivity index (χ1) is 8.02. The summed E-state index contributed by atoms with van der Waals surface area (Å²) < 4.78 is 5.35. The van der Waals surface area contributed by atoms with Crippen LogP contribution < -0.4 is 10.1 Å². The van der Waals surface area contributed by atoms with E-state index in [0.29, 0.717) is 11.6 Å². The van der Waals surface area contributed by atoms with E-state index < -0.39 is 0 Å². The Hall–Kier alpha value is -1.65. The maximum atomic E-state index is 11.7. The summed E-state index contributed by atoms with van der Waals surface area (Å²) in [6.07, 6.45) is 3.82. The zero-order chi connectivity index (χ0) is 12.8. The van der Waals surface area contributed by atoms with E-state index in [4.69, 9.17) is 4.74 Å². The molecule has 1 amide bonds. The molecule has 1 atom stereocenters. The van der Waals surface area contributed by atoms with Crippen LogP contribution in [0.3, 0.4) is 0 Å². The Morgan fingerprint density at radius 3 is 2.53 bits per heavy atom. The second kappa shape index (κ2) is 6.18. The van der Waals surface area contributed by atoms with Gasteiger partial charge in [0.2, 0.25) is 5.88 Å². The zero-order valence-electron chi connectivity index (χ0n) is 10.7. The molecule has 5 heteroatoms. The smallest absolute Gasteiger partial charge is 0.271 e. The van der Waals surface area contributed by atoms with Gasteiger partial charge in [0, 0.05) is 6.04 Å². The predicted molar refractivity (Wildman–Crippen MR) is 65.0 cm³/mol. The lowest BCUT2D eigenvalue weighted by atomic mass is 10.2. The van der Waals surface area contributed by atoms with Gasteiger partial charge in [-0.1, -0.05) is 6.92 Å². The fraction of sp³-hybridized carbons (Fsp3) is 0.583. The molecule has 1 unspecified atom stereocenters. The Morgan fingerprint density at radius 1 is 1.35 bits per heavy atom. The zero-order valence-corrected chi connectivity index (χ0v) is 10.7. The summed E-state index contributed by atoms with van der Waals surface area (Å²) in [5.74, 6) is 0.225. The van der Waals surface area contributed by atoms with Gasteiger partial charge in [-0.2, -0.15) is 0 Å². The summed E-state index contributed by atoms with van der Waals surface area (Å²) in [6, 6.07) is 0.135. The van der Waals surface area contributed by atoms with Gasteiger partial charge in [0.25, 0.3) is 5.91 Å². The first-order valence-corrected chi connectivity index (χ1v) is 5.82. The molecule has 0 aliphatic heterocycles. The summed E-state index contributed by atoms with van der Waals surface area (Å²) >= 11 is 0. The molecule has 1 aromatic heterocycles. The molecule has 94 valence electrons. The lowest BCUT2D eigenvalue weighted by Gasteiger charge is -2.11. The summed E-state index contributed by atoms with van der Waals surface area (Å²) in [5, 5.41) is 2.82. The van der Waals surface area contributed by atoms with Crippen LogP contribution in [0.2, 0.25) is 0 Å². The van der Waals surface area contributed by atoms with Gasteiger partial charge in [0.05, 0.1) is 18.5 Å². The van der Waals surface area contributed by atoms with Crippen molar-refractivity contribution in [2.24, 2.45) is 0 Å². The molecule has 1 N–H and O–H groups in total. The molecule has 0 spiro atoms. The maximum Gasteiger partial charge on any atom is 0.271 e. The molecule has 17 heavy (non-hydrogen) atoms. The van der Waals surface area contributed by atoms with Crippen molar-refractivity contribution in [3.05, 3.63) is 18.1 Å². The summed E-state index contributed by atoms with van der Waals surface area (Å²) in [4.78, 5) is 19.7. The van der Waals surface area contributed by atoms with Crippen LogP contribution in [0.15, 0.2) is 12.4 Å². The van der Waals surface area contributed by atoms with Crippen LogP contribution in [0.25, 0.3) is 0 Å². The third kappa shape index (κ3) is 4.38. The Kier molecular flexibility index (Phi) is 4.87. The predicted octanol–water partition coefficient (Wildman–Crippen LogP) is 1.79. The van der Waals surface area contributed by atoms with E-state index in [1.165, 1.54) is 12.4 Å². The van der Waals surface area contributed by atoms with E-state index in [9.17, 15) is 4.79 Å². The highest BCUT2D eigenvalue weighted by Crippen LogP contribution is 2.06. The van der Waals surface area contributed by atoms with Gasteiger partial charge in [0.15, 0.2) is 0 Å². The molecular weight excluding hydrogens is 218 g/mol. The topological polar surface area (TPSA) is 64.1 Å². The van der Waals surface area contributed by atoms with Crippen LogP contribution in [0.5, 0.6) is 5.88 Å². The van der Waals surface area contributed by atoms with Crippen LogP contribution in [-0.4, -0.2) is 28.0 Å². The molecule has 0 bridgehead atoms. The molecule has 0 aromatic carbocycles. The Bertz CT molecular complexity index is 363. The lowest BCUT2D eigenvalue weighted by molar-refractivity contribution is 0.0933. The molecule has 0 aliphatic carbocycles. The molecule has 1 aromatic rings. The minimum atomic E-state index is -0.206. The first kappa shape index (κ1) is 13.4. The van der Waals surface area contributed by atoms with Gasteiger partial charge in [-0.05, 0) is 27.2 Å². The van der Waals surface area contributed by atoms with Gasteiger partial charge in [-0.3, -0.25) is 4.79 Å². The first-order valence-electron chi connectivity index (χ1n) is 5.82. The van der Waals surface area contributed by atoms with E-state index >= 15 is 0 Å². The summed E-state index contributed by atoms with van der Waals surface area (Å²) in [6.45, 7) is 7.77. The minimum absolute atomic E-state index is 0.0455. The normalized spacial score (nSPS) is 12.3. The summed E-state index contributed by atoms with van der Waals surface area (Å²) in [7, 11) is 0. The van der Waals surface area contributed by atoms with Crippen molar-refractivity contribution >= 4 is 5.91 Å². The standard InChI is InChI=1S/C12H19N3O2/c1-5-9(4)15-12(16)10-6-14-11(7-13-10)17-8(2)3/h6-9H,5H2,1-4H3,(H,15,16). The number of hydrogen-bond acceptors (Lipinski definition) is 4. The molecule has 1 heterocycles. The molecule has 0 saturated heterocycles. The Balaban J connectivity index is 2.64. The van der Waals surface area contributed by atoms with Gasteiger partial charge in [-0.25, -0.2) is 9.97 Å². The van der Waals surface area contributed by atoms with Gasteiger partial charge >= 0.3 is 0 Å². The number of hydrogen-bond donors (Lipinski definition) is 1. The monoisotopic (exact) mass is 237 g/mol. The van der Waals surface area contributed by atoms with Gasteiger partial charge in [-0.15, -0.1) is 0 Å². The number of amides is 1. The maximum absolute atomic E-state index is 11.7. The second-order valence-electron chi connectivity index (χ2n) is 4.19. The number of carbonyl (C=O) groups excluding carboxylic acids is 1. The van der Waals surface area contributed by atoms with Crippen LogP contribution >= 0.6 is 0 Å². The fourth-order valence-corrected chi connectivity index (χ4v) is 1.14. The Labute approximate surface area is 102 Å². The largest absolute Gasteiger partial charge is 0.474 e. The number of aromatic nitrogens is 2. The van der Waals surface area contributed by atoms with Crippen molar-refractivity contribution in [2.75, 3.05) is 0 Å². The average molecular weight is 237 g/mol. The highest BCUT2D eigenvalue weighted by Gasteiger charge is 2.10. The number of nitrogens with one attached hydrogen (secondary N) is 1. The minimum Gasteiger partial charge on any atom is -0.474 e. The molecule has 0 fully saturated rings. The van der Waals surface area contributed by atoms with Crippen molar-refractivity contribution in [1.82, 2.24) is 15.3 Å². The van der Waals surface area contributed by atoms with Crippen molar-refractivity contribution in [1.29, 1.82) is 0 Å². The highest BCUT2D eigenvalue weighted by molar-refractivity contribution is 5.92. The van der Waals surface area contributed by atoms with E-state index in [1.807, 2.05) is 27.7 Å². The SMILES string of the molecule is CCC(C)NC(=O)c1cnc(OC(C)C)cn1. The molecule has 1 rings (SSSR count). The lowest BCUT2D eigenvalue weighted by Crippen LogP contribution is -2.32. The van der Waals surface area contributed by atoms with Crippen LogP contribution in [0.4, 0.5) is 0 Å². The van der Waals surface area contributed by atoms with Crippen LogP contribution in [0.1, 0.15) is 44.6 Å². The molecule has 0 radical (unpaired) electrons. The number of rotatable bonds is 5. The number of nitrogens with zero attached hydrogens (tertiary/aromatic N) is 2. The number of ether oxygens (including phenoxy) is 1. The molecular formula is C12H19N3O2. The average Bonchev–Trinajstić information content (AvgIpc) is 2.28. The second-order valence-corrected chi connectivity index (χ2v) is 4.19. The number of carbonyl (C=O) groups is 1. The van der Waals surface area contributed by atoms with Crippen molar-refractivity contribution in [3.63, 3.8) is 0 Å². The van der Waals surface area contributed by atoms with Crippen molar-refractivity contribution in [3.8, 4) is 5.88 Å². The van der Waals surface area contributed by atoms with Crippen molar-refractivity contribution < 1.29 is 9.53 Å². The van der Waals surface area contributed by atoms with Gasteiger partial charge < -0.3 is 10.1 Å². The van der Waals surface area contributed by atoms with Crippen LogP contribution in [0, 0.1) is 0 Å². The van der Waals surface area contributed by atoms with E-state index in [2.05, 4.69) is 15.3 Å². The van der Waals surface area contributed by atoms with Gasteiger partial charge in [0.1, 0.15) is 5.69 Å². The third-order valence-electron chi connectivity index (χ3n) is 2.21. The van der Waals surface area contributed by atoms with Crippen LogP contribution in [-0.2, 0) is 0 Å². The summed E-state index contributed by atoms with van der Waals surface area (Å²) in [5.41, 5.74) is 0.307. The molecule has 0 saturated carbocycles. The fourth-order valence-electron chi connectivity index (χ4n) is 1.14. The third-order valence-corrected chi connectivity index (χ3v) is 2.21. The quantitative estimate of drug-likeness (QED) is 0.848. The Morgan fingerprint density at radius 2 is 2.06 bits per heavy atom. The van der Waals surface area contributed by atoms with Crippen molar-refractivity contribution in [2.45, 2.75) is 46.3 Å². The van der Waals surface area contributed by atoms with E-state index in [1.54, 1.807) is 0 Å². The molecule has 0 aliphatic rings. The highest BCUT2D eigenvalue weighted by atomic mass is 16.5. The van der Waals surface area contributed by atoms with E-state index in [0.717, 1.165) is 6.42 Å². The molecule has 5 nitrogen and oxygen atoms in total.